The van der Waals surface area contributed by atoms with Crippen molar-refractivity contribution in [3.05, 3.63) is 70.8 Å². The lowest BCUT2D eigenvalue weighted by molar-refractivity contribution is -0.128. The molecule has 2 aromatic carbocycles. The van der Waals surface area contributed by atoms with Crippen molar-refractivity contribution in [3.63, 3.8) is 0 Å². The van der Waals surface area contributed by atoms with Gasteiger partial charge in [0.2, 0.25) is 5.91 Å². The first-order valence-corrected chi connectivity index (χ1v) is 9.32. The van der Waals surface area contributed by atoms with E-state index in [0.29, 0.717) is 25.1 Å². The van der Waals surface area contributed by atoms with Crippen LogP contribution in [-0.2, 0) is 17.8 Å². The molecular weight excluding hydrogens is 324 g/mol. The standard InChI is InChI=1S/C22H26N2O2/c1-17-6-8-18(9-7-17)4-2-14-23-22(26)20-12-10-19(11-13-20)16-24-15-3-5-21(24)25/h6-13H,2-5,14-16H2,1H3,(H,23,26). The monoisotopic (exact) mass is 350 g/mol. The molecule has 2 aromatic rings. The van der Waals surface area contributed by atoms with E-state index in [-0.39, 0.29) is 11.8 Å². The number of nitrogens with zero attached hydrogens (tertiary/aromatic N) is 1. The second-order valence-electron chi connectivity index (χ2n) is 6.96. The number of carbonyl (C=O) groups excluding carboxylic acids is 2. The summed E-state index contributed by atoms with van der Waals surface area (Å²) in [4.78, 5) is 25.8. The molecule has 26 heavy (non-hydrogen) atoms. The fraction of sp³-hybridized carbons (Fsp3) is 0.364. The second-order valence-corrected chi connectivity index (χ2v) is 6.96. The Morgan fingerprint density at radius 3 is 2.38 bits per heavy atom. The molecule has 0 unspecified atom stereocenters. The molecule has 0 radical (unpaired) electrons. The fourth-order valence-corrected chi connectivity index (χ4v) is 3.20. The zero-order valence-electron chi connectivity index (χ0n) is 15.3. The molecule has 0 aromatic heterocycles. The quantitative estimate of drug-likeness (QED) is 0.777. The number of amides is 2. The van der Waals surface area contributed by atoms with Crippen molar-refractivity contribution in [1.82, 2.24) is 10.2 Å². The molecule has 1 heterocycles. The van der Waals surface area contributed by atoms with Crippen molar-refractivity contribution in [1.29, 1.82) is 0 Å². The molecule has 0 spiro atoms. The van der Waals surface area contributed by atoms with Crippen LogP contribution in [0.1, 0.15) is 46.3 Å². The summed E-state index contributed by atoms with van der Waals surface area (Å²) < 4.78 is 0. The number of nitrogens with one attached hydrogen (secondary N) is 1. The summed E-state index contributed by atoms with van der Waals surface area (Å²) in [6, 6.07) is 16.1. The van der Waals surface area contributed by atoms with Gasteiger partial charge in [0.15, 0.2) is 0 Å². The lowest BCUT2D eigenvalue weighted by Gasteiger charge is -2.15. The maximum absolute atomic E-state index is 12.2. The molecule has 0 saturated carbocycles. The van der Waals surface area contributed by atoms with Gasteiger partial charge in [-0.25, -0.2) is 0 Å². The van der Waals surface area contributed by atoms with Crippen LogP contribution in [0.2, 0.25) is 0 Å². The number of carbonyl (C=O) groups is 2. The number of hydrogen-bond donors (Lipinski definition) is 1. The smallest absolute Gasteiger partial charge is 0.251 e. The van der Waals surface area contributed by atoms with Gasteiger partial charge in [-0.2, -0.15) is 0 Å². The first-order valence-electron chi connectivity index (χ1n) is 9.32. The van der Waals surface area contributed by atoms with Crippen LogP contribution < -0.4 is 5.32 Å². The summed E-state index contributed by atoms with van der Waals surface area (Å²) in [7, 11) is 0. The molecule has 1 aliphatic rings. The molecule has 1 aliphatic heterocycles. The van der Waals surface area contributed by atoms with Crippen LogP contribution in [0.15, 0.2) is 48.5 Å². The topological polar surface area (TPSA) is 49.4 Å². The van der Waals surface area contributed by atoms with Crippen molar-refractivity contribution in [2.45, 2.75) is 39.2 Å². The summed E-state index contributed by atoms with van der Waals surface area (Å²) >= 11 is 0. The molecule has 4 nitrogen and oxygen atoms in total. The largest absolute Gasteiger partial charge is 0.352 e. The van der Waals surface area contributed by atoms with Crippen LogP contribution in [0.25, 0.3) is 0 Å². The highest BCUT2D eigenvalue weighted by Crippen LogP contribution is 2.14. The predicted molar refractivity (Wildman–Crippen MR) is 103 cm³/mol. The number of likely N-dealkylation sites (tertiary alicyclic amines) is 1. The molecule has 0 bridgehead atoms. The molecule has 3 rings (SSSR count). The Hall–Kier alpha value is -2.62. The Morgan fingerprint density at radius 2 is 1.73 bits per heavy atom. The highest BCUT2D eigenvalue weighted by molar-refractivity contribution is 5.94. The lowest BCUT2D eigenvalue weighted by atomic mass is 10.1. The highest BCUT2D eigenvalue weighted by atomic mass is 16.2. The van der Waals surface area contributed by atoms with E-state index >= 15 is 0 Å². The van der Waals surface area contributed by atoms with Crippen molar-refractivity contribution < 1.29 is 9.59 Å². The zero-order chi connectivity index (χ0) is 18.4. The first kappa shape index (κ1) is 18.2. The molecule has 0 atom stereocenters. The van der Waals surface area contributed by atoms with Crippen molar-refractivity contribution in [2.24, 2.45) is 0 Å². The second kappa shape index (κ2) is 8.65. The van der Waals surface area contributed by atoms with E-state index in [4.69, 9.17) is 0 Å². The molecular formula is C22H26N2O2. The van der Waals surface area contributed by atoms with Gasteiger partial charge >= 0.3 is 0 Å². The maximum Gasteiger partial charge on any atom is 0.251 e. The Morgan fingerprint density at radius 1 is 1.04 bits per heavy atom. The van der Waals surface area contributed by atoms with Crippen LogP contribution in [0.5, 0.6) is 0 Å². The van der Waals surface area contributed by atoms with Crippen LogP contribution in [0.4, 0.5) is 0 Å². The highest BCUT2D eigenvalue weighted by Gasteiger charge is 2.19. The average molecular weight is 350 g/mol. The van der Waals surface area contributed by atoms with E-state index in [1.54, 1.807) is 0 Å². The van der Waals surface area contributed by atoms with E-state index < -0.39 is 0 Å². The minimum absolute atomic E-state index is 0.0438. The van der Waals surface area contributed by atoms with Gasteiger partial charge in [-0.3, -0.25) is 9.59 Å². The van der Waals surface area contributed by atoms with Gasteiger partial charge in [-0.1, -0.05) is 42.0 Å². The van der Waals surface area contributed by atoms with Gasteiger partial charge in [0, 0.05) is 31.6 Å². The number of rotatable bonds is 7. The minimum Gasteiger partial charge on any atom is -0.352 e. The van der Waals surface area contributed by atoms with E-state index in [9.17, 15) is 9.59 Å². The summed E-state index contributed by atoms with van der Waals surface area (Å²) in [6.07, 6.45) is 3.48. The molecule has 1 saturated heterocycles. The molecule has 0 aliphatic carbocycles. The summed E-state index contributed by atoms with van der Waals surface area (Å²) in [5, 5.41) is 2.98. The number of aryl methyl sites for hydroxylation is 2. The molecule has 1 N–H and O–H groups in total. The lowest BCUT2D eigenvalue weighted by Crippen LogP contribution is -2.25. The number of benzene rings is 2. The Kier molecular flexibility index (Phi) is 6.05. The van der Waals surface area contributed by atoms with Crippen LogP contribution in [0.3, 0.4) is 0 Å². The van der Waals surface area contributed by atoms with Crippen LogP contribution in [0, 0.1) is 6.92 Å². The average Bonchev–Trinajstić information content (AvgIpc) is 3.05. The zero-order valence-corrected chi connectivity index (χ0v) is 15.3. The van der Waals surface area contributed by atoms with Crippen molar-refractivity contribution in [2.75, 3.05) is 13.1 Å². The summed E-state index contributed by atoms with van der Waals surface area (Å²) in [6.45, 7) is 4.22. The summed E-state index contributed by atoms with van der Waals surface area (Å²) in [5.41, 5.74) is 4.29. The van der Waals surface area contributed by atoms with Gasteiger partial charge in [0.1, 0.15) is 0 Å². The van der Waals surface area contributed by atoms with Crippen molar-refractivity contribution in [3.8, 4) is 0 Å². The number of hydrogen-bond acceptors (Lipinski definition) is 2. The molecule has 136 valence electrons. The van der Waals surface area contributed by atoms with Crippen LogP contribution in [-0.4, -0.2) is 29.8 Å². The van der Waals surface area contributed by atoms with Crippen LogP contribution >= 0.6 is 0 Å². The molecule has 1 fully saturated rings. The molecule has 4 heteroatoms. The summed E-state index contributed by atoms with van der Waals surface area (Å²) in [5.74, 6) is 0.179. The third-order valence-corrected chi connectivity index (χ3v) is 4.81. The van der Waals surface area contributed by atoms with E-state index in [2.05, 4.69) is 36.5 Å². The van der Waals surface area contributed by atoms with Gasteiger partial charge in [-0.15, -0.1) is 0 Å². The maximum atomic E-state index is 12.2. The third-order valence-electron chi connectivity index (χ3n) is 4.81. The Balaban J connectivity index is 1.42. The SMILES string of the molecule is Cc1ccc(CCCNC(=O)c2ccc(CN3CCCC3=O)cc2)cc1. The normalized spacial score (nSPS) is 13.9. The van der Waals surface area contributed by atoms with Crippen molar-refractivity contribution >= 4 is 11.8 Å². The first-order chi connectivity index (χ1) is 12.6. The van der Waals surface area contributed by atoms with E-state index in [1.807, 2.05) is 29.2 Å². The van der Waals surface area contributed by atoms with E-state index in [1.165, 1.54) is 11.1 Å². The Labute approximate surface area is 155 Å². The molecule has 2 amide bonds. The van der Waals surface area contributed by atoms with Gasteiger partial charge in [0.25, 0.3) is 5.91 Å². The minimum atomic E-state index is -0.0438. The fourth-order valence-electron chi connectivity index (χ4n) is 3.20. The third kappa shape index (κ3) is 4.94. The van der Waals surface area contributed by atoms with E-state index in [0.717, 1.165) is 31.4 Å². The van der Waals surface area contributed by atoms with Gasteiger partial charge in [0.05, 0.1) is 0 Å². The predicted octanol–water partition coefficient (Wildman–Crippen LogP) is 3.48. The Bertz CT molecular complexity index is 751. The van der Waals surface area contributed by atoms with Gasteiger partial charge in [-0.05, 0) is 49.4 Å². The van der Waals surface area contributed by atoms with Gasteiger partial charge < -0.3 is 10.2 Å².